The van der Waals surface area contributed by atoms with Crippen LogP contribution < -0.4 is 0 Å². The number of hydrogen-bond acceptors (Lipinski definition) is 5. The van der Waals surface area contributed by atoms with E-state index in [0.717, 1.165) is 10.4 Å². The summed E-state index contributed by atoms with van der Waals surface area (Å²) >= 11 is 1.62. The number of tetrazole rings is 1. The molecule has 1 aromatic carbocycles. The van der Waals surface area contributed by atoms with Gasteiger partial charge in [-0.3, -0.25) is 4.79 Å². The van der Waals surface area contributed by atoms with Crippen molar-refractivity contribution in [3.05, 3.63) is 65.4 Å². The second kappa shape index (κ2) is 7.85. The van der Waals surface area contributed by atoms with E-state index in [-0.39, 0.29) is 5.91 Å². The third kappa shape index (κ3) is 4.00. The molecule has 0 aliphatic heterocycles. The molecule has 1 atom stereocenters. The Morgan fingerprint density at radius 1 is 1.32 bits per heavy atom. The van der Waals surface area contributed by atoms with E-state index in [4.69, 9.17) is 0 Å². The molecule has 0 bridgehead atoms. The summed E-state index contributed by atoms with van der Waals surface area (Å²) in [6.07, 6.45) is 1.72. The van der Waals surface area contributed by atoms with Crippen molar-refractivity contribution in [2.24, 2.45) is 0 Å². The maximum Gasteiger partial charge on any atom is 0.249 e. The van der Waals surface area contributed by atoms with Crippen LogP contribution in [-0.4, -0.2) is 37.6 Å². The van der Waals surface area contributed by atoms with Crippen LogP contribution >= 0.6 is 11.3 Å². The predicted octanol–water partition coefficient (Wildman–Crippen LogP) is 3.18. The van der Waals surface area contributed by atoms with Crippen molar-refractivity contribution >= 4 is 17.2 Å². The van der Waals surface area contributed by atoms with Crippen LogP contribution in [0.1, 0.15) is 17.8 Å². The Bertz CT molecular complexity index is 828. The number of rotatable bonds is 7. The highest BCUT2D eigenvalue weighted by Gasteiger charge is 2.24. The molecular weight excluding hydrogens is 334 g/mol. The minimum absolute atomic E-state index is 0.0645. The predicted molar refractivity (Wildman–Crippen MR) is 97.9 cm³/mol. The summed E-state index contributed by atoms with van der Waals surface area (Å²) < 4.78 is 0. The first-order chi connectivity index (χ1) is 12.2. The van der Waals surface area contributed by atoms with Crippen LogP contribution in [-0.2, 0) is 11.3 Å². The van der Waals surface area contributed by atoms with E-state index >= 15 is 0 Å². The molecule has 1 unspecified atom stereocenters. The molecular formula is C18H19N5OS. The van der Waals surface area contributed by atoms with Gasteiger partial charge in [0.1, 0.15) is 6.04 Å². The molecule has 0 saturated carbocycles. The molecule has 0 fully saturated rings. The van der Waals surface area contributed by atoms with Gasteiger partial charge in [0.25, 0.3) is 0 Å². The van der Waals surface area contributed by atoms with Gasteiger partial charge >= 0.3 is 0 Å². The fourth-order valence-corrected chi connectivity index (χ4v) is 3.15. The van der Waals surface area contributed by atoms with Crippen LogP contribution in [0.4, 0.5) is 0 Å². The average molecular weight is 353 g/mol. The zero-order valence-corrected chi connectivity index (χ0v) is 14.8. The van der Waals surface area contributed by atoms with Crippen LogP contribution in [0.2, 0.25) is 0 Å². The quantitative estimate of drug-likeness (QED) is 0.612. The molecule has 0 aliphatic carbocycles. The second-order valence-corrected chi connectivity index (χ2v) is 6.59. The summed E-state index contributed by atoms with van der Waals surface area (Å²) in [5.41, 5.74) is 0.870. The minimum Gasteiger partial charge on any atom is -0.332 e. The lowest BCUT2D eigenvalue weighted by atomic mass is 10.2. The Labute approximate surface area is 150 Å². The molecule has 3 aromatic rings. The lowest BCUT2D eigenvalue weighted by Crippen LogP contribution is -2.36. The normalized spacial score (nSPS) is 11.9. The van der Waals surface area contributed by atoms with E-state index in [1.54, 1.807) is 29.2 Å². The summed E-state index contributed by atoms with van der Waals surface area (Å²) in [5, 5.41) is 14.5. The second-order valence-electron chi connectivity index (χ2n) is 5.56. The van der Waals surface area contributed by atoms with Gasteiger partial charge in [0, 0.05) is 17.0 Å². The highest BCUT2D eigenvalue weighted by Crippen LogP contribution is 2.17. The molecule has 2 aromatic heterocycles. The molecule has 0 spiro atoms. The van der Waals surface area contributed by atoms with Crippen molar-refractivity contribution in [1.82, 2.24) is 25.1 Å². The Balaban J connectivity index is 1.76. The lowest BCUT2D eigenvalue weighted by molar-refractivity contribution is -0.135. The summed E-state index contributed by atoms with van der Waals surface area (Å²) in [6, 6.07) is 13.0. The van der Waals surface area contributed by atoms with Gasteiger partial charge in [-0.25, -0.2) is 0 Å². The number of amides is 1. The van der Waals surface area contributed by atoms with Crippen molar-refractivity contribution in [2.75, 3.05) is 6.54 Å². The summed E-state index contributed by atoms with van der Waals surface area (Å²) in [7, 11) is 0. The van der Waals surface area contributed by atoms with Gasteiger partial charge < -0.3 is 4.90 Å². The third-order valence-corrected chi connectivity index (χ3v) is 4.61. The number of nitrogens with zero attached hydrogens (tertiary/aromatic N) is 5. The van der Waals surface area contributed by atoms with Crippen molar-refractivity contribution in [1.29, 1.82) is 0 Å². The van der Waals surface area contributed by atoms with Crippen molar-refractivity contribution < 1.29 is 4.79 Å². The first-order valence-corrected chi connectivity index (χ1v) is 8.84. The number of thiophene rings is 1. The maximum absolute atomic E-state index is 12.9. The van der Waals surface area contributed by atoms with Gasteiger partial charge in [0.15, 0.2) is 0 Å². The van der Waals surface area contributed by atoms with Crippen molar-refractivity contribution in [2.45, 2.75) is 19.5 Å². The van der Waals surface area contributed by atoms with Crippen LogP contribution in [0.5, 0.6) is 0 Å². The van der Waals surface area contributed by atoms with E-state index in [1.165, 1.54) is 4.80 Å². The van der Waals surface area contributed by atoms with Gasteiger partial charge in [-0.05, 0) is 23.6 Å². The molecule has 0 N–H and O–H groups in total. The highest BCUT2D eigenvalue weighted by atomic mass is 32.1. The summed E-state index contributed by atoms with van der Waals surface area (Å²) in [4.78, 5) is 17.1. The van der Waals surface area contributed by atoms with Crippen LogP contribution in [0.15, 0.2) is 60.5 Å². The molecule has 128 valence electrons. The first kappa shape index (κ1) is 17.0. The molecule has 1 amide bonds. The van der Waals surface area contributed by atoms with Crippen molar-refractivity contribution in [3.63, 3.8) is 0 Å². The topological polar surface area (TPSA) is 63.9 Å². The largest absolute Gasteiger partial charge is 0.332 e. The van der Waals surface area contributed by atoms with Gasteiger partial charge in [-0.1, -0.05) is 42.5 Å². The molecule has 0 aliphatic rings. The number of carbonyl (C=O) groups is 1. The molecule has 0 saturated heterocycles. The zero-order chi connectivity index (χ0) is 17.6. The number of hydrogen-bond donors (Lipinski definition) is 0. The van der Waals surface area contributed by atoms with E-state index in [2.05, 4.69) is 22.0 Å². The number of carbonyl (C=O) groups excluding carboxylic acids is 1. The number of aromatic nitrogens is 4. The van der Waals surface area contributed by atoms with Crippen LogP contribution in [0, 0.1) is 0 Å². The van der Waals surface area contributed by atoms with Gasteiger partial charge in [0.05, 0.1) is 6.54 Å². The molecule has 25 heavy (non-hydrogen) atoms. The van der Waals surface area contributed by atoms with Crippen LogP contribution in [0.3, 0.4) is 0 Å². The monoisotopic (exact) mass is 353 g/mol. The molecule has 0 radical (unpaired) electrons. The lowest BCUT2D eigenvalue weighted by Gasteiger charge is -2.23. The Morgan fingerprint density at radius 2 is 2.12 bits per heavy atom. The van der Waals surface area contributed by atoms with Gasteiger partial charge in [-0.15, -0.1) is 28.1 Å². The average Bonchev–Trinajstić information content (AvgIpc) is 3.33. The molecule has 6 nitrogen and oxygen atoms in total. The van der Waals surface area contributed by atoms with E-state index in [1.807, 2.05) is 47.8 Å². The Morgan fingerprint density at radius 3 is 2.80 bits per heavy atom. The standard InChI is InChI=1S/C18H19N5OS/c1-3-11-22(13-16-10-7-12-25-16)18(24)14(2)23-20-17(19-21-23)15-8-5-4-6-9-15/h3-10,12,14H,1,11,13H2,2H3. The van der Waals surface area contributed by atoms with E-state index in [9.17, 15) is 4.79 Å². The molecule has 7 heteroatoms. The van der Waals surface area contributed by atoms with E-state index in [0.29, 0.717) is 18.9 Å². The fraction of sp³-hybridized carbons (Fsp3) is 0.222. The summed E-state index contributed by atoms with van der Waals surface area (Å²) in [5.74, 6) is 0.444. The summed E-state index contributed by atoms with van der Waals surface area (Å²) in [6.45, 7) is 6.55. The zero-order valence-electron chi connectivity index (χ0n) is 13.9. The Kier molecular flexibility index (Phi) is 5.35. The fourth-order valence-electron chi connectivity index (χ4n) is 2.43. The van der Waals surface area contributed by atoms with E-state index < -0.39 is 6.04 Å². The highest BCUT2D eigenvalue weighted by molar-refractivity contribution is 7.09. The number of benzene rings is 1. The van der Waals surface area contributed by atoms with Gasteiger partial charge in [0.2, 0.25) is 11.7 Å². The SMILES string of the molecule is C=CCN(Cc1cccs1)C(=O)C(C)n1nnc(-c2ccccc2)n1. The minimum atomic E-state index is -0.537. The molecule has 3 rings (SSSR count). The third-order valence-electron chi connectivity index (χ3n) is 3.75. The molecule has 2 heterocycles. The van der Waals surface area contributed by atoms with Crippen molar-refractivity contribution in [3.8, 4) is 11.4 Å². The smallest absolute Gasteiger partial charge is 0.249 e. The first-order valence-electron chi connectivity index (χ1n) is 7.96. The van der Waals surface area contributed by atoms with Gasteiger partial charge in [-0.2, -0.15) is 4.80 Å². The Hall–Kier alpha value is -2.80. The maximum atomic E-state index is 12.9. The van der Waals surface area contributed by atoms with Crippen LogP contribution in [0.25, 0.3) is 11.4 Å².